The summed E-state index contributed by atoms with van der Waals surface area (Å²) in [6.45, 7) is 0.239. The van der Waals surface area contributed by atoms with Crippen molar-refractivity contribution in [3.63, 3.8) is 0 Å². The van der Waals surface area contributed by atoms with Crippen LogP contribution in [0.4, 0.5) is 0 Å². The minimum atomic E-state index is -0.0220. The van der Waals surface area contributed by atoms with E-state index in [2.05, 4.69) is 115 Å². The molecule has 0 unspecified atom stereocenters. The van der Waals surface area contributed by atoms with E-state index in [1.54, 1.807) is 0 Å². The lowest BCUT2D eigenvalue weighted by Crippen LogP contribution is -2.03. The van der Waals surface area contributed by atoms with Crippen LogP contribution in [0.5, 0.6) is 5.75 Å². The zero-order valence-electron chi connectivity index (χ0n) is 22.8. The molecule has 41 heavy (non-hydrogen) atoms. The van der Waals surface area contributed by atoms with Gasteiger partial charge in [-0.15, -0.1) is 0 Å². The molecule has 2 nitrogen and oxygen atoms in total. The van der Waals surface area contributed by atoms with Crippen LogP contribution in [0.25, 0.3) is 55.6 Å². The van der Waals surface area contributed by atoms with Gasteiger partial charge in [0, 0.05) is 5.56 Å². The van der Waals surface area contributed by atoms with Crippen molar-refractivity contribution in [2.24, 2.45) is 0 Å². The van der Waals surface area contributed by atoms with E-state index in [1.165, 1.54) is 50.1 Å². The molecule has 1 aliphatic rings. The number of rotatable bonds is 7. The van der Waals surface area contributed by atoms with Crippen LogP contribution in [-0.4, -0.2) is 18.3 Å². The van der Waals surface area contributed by atoms with Crippen molar-refractivity contribution in [3.05, 3.63) is 151 Å². The van der Waals surface area contributed by atoms with E-state index in [-0.39, 0.29) is 13.2 Å². The molecule has 2 heteroatoms. The molecule has 0 radical (unpaired) electrons. The maximum absolute atomic E-state index is 9.42. The van der Waals surface area contributed by atoms with Crippen molar-refractivity contribution in [3.8, 4) is 61.4 Å². The Balaban J connectivity index is 1.42. The molecule has 0 saturated carbocycles. The third kappa shape index (κ3) is 4.84. The Kier molecular flexibility index (Phi) is 6.68. The minimum absolute atomic E-state index is 0.0220. The Morgan fingerprint density at radius 1 is 0.463 bits per heavy atom. The first-order valence-corrected chi connectivity index (χ1v) is 14.1. The van der Waals surface area contributed by atoms with Crippen LogP contribution in [0.3, 0.4) is 0 Å². The van der Waals surface area contributed by atoms with Gasteiger partial charge < -0.3 is 9.84 Å². The van der Waals surface area contributed by atoms with Crippen LogP contribution in [0.2, 0.25) is 0 Å². The van der Waals surface area contributed by atoms with Gasteiger partial charge in [0.05, 0.1) is 6.61 Å². The molecule has 6 aromatic carbocycles. The number of aliphatic hydroxyl groups excluding tert-OH is 1. The summed E-state index contributed by atoms with van der Waals surface area (Å²) < 4.78 is 5.97. The first-order chi connectivity index (χ1) is 20.3. The summed E-state index contributed by atoms with van der Waals surface area (Å²) in [6, 6.07) is 49.6. The SMILES string of the molecule is OCCOc1ccc(-c2cc(-c3ccccc3)cc3c2Cc2ccc(-c4ccccc4)cc2-3)cc1-c1ccccc1. The fourth-order valence-electron chi connectivity index (χ4n) is 5.96. The third-order valence-corrected chi connectivity index (χ3v) is 7.96. The quantitative estimate of drug-likeness (QED) is 0.222. The normalized spacial score (nSPS) is 11.6. The highest BCUT2D eigenvalue weighted by molar-refractivity contribution is 5.92. The molecule has 0 heterocycles. The molecule has 1 N–H and O–H groups in total. The molecule has 1 aliphatic carbocycles. The molecule has 0 atom stereocenters. The van der Waals surface area contributed by atoms with Gasteiger partial charge in [-0.05, 0) is 98.0 Å². The smallest absolute Gasteiger partial charge is 0.127 e. The predicted octanol–water partition coefficient (Wildman–Crippen LogP) is 9.30. The van der Waals surface area contributed by atoms with Crippen LogP contribution >= 0.6 is 0 Å². The summed E-state index contributed by atoms with van der Waals surface area (Å²) in [5.41, 5.74) is 14.7. The van der Waals surface area contributed by atoms with Crippen molar-refractivity contribution in [1.29, 1.82) is 0 Å². The second-order valence-corrected chi connectivity index (χ2v) is 10.5. The zero-order valence-corrected chi connectivity index (χ0v) is 22.8. The van der Waals surface area contributed by atoms with Crippen LogP contribution < -0.4 is 4.74 Å². The van der Waals surface area contributed by atoms with Gasteiger partial charge in [-0.3, -0.25) is 0 Å². The molecule has 0 fully saturated rings. The van der Waals surface area contributed by atoms with E-state index in [0.29, 0.717) is 0 Å². The molecule has 0 spiro atoms. The predicted molar refractivity (Wildman–Crippen MR) is 169 cm³/mol. The van der Waals surface area contributed by atoms with Crippen LogP contribution in [0.15, 0.2) is 140 Å². The molecule has 198 valence electrons. The van der Waals surface area contributed by atoms with Gasteiger partial charge in [-0.2, -0.15) is 0 Å². The second kappa shape index (κ2) is 10.9. The van der Waals surface area contributed by atoms with E-state index < -0.39 is 0 Å². The standard InChI is InChI=1S/C39H30O2/c40-20-21-41-39-19-18-32(23-36(39)29-14-8-3-9-15-29)35-25-33(28-12-6-2-7-13-28)26-38-34-22-30(27-10-4-1-5-11-27)16-17-31(34)24-37(35)38/h1-19,22-23,25-26,40H,20-21,24H2. The van der Waals surface area contributed by atoms with Gasteiger partial charge in [0.15, 0.2) is 0 Å². The lowest BCUT2D eigenvalue weighted by Gasteiger charge is -2.17. The molecule has 7 rings (SSSR count). The lowest BCUT2D eigenvalue weighted by atomic mass is 9.89. The highest BCUT2D eigenvalue weighted by Gasteiger charge is 2.24. The Morgan fingerprint density at radius 3 is 1.71 bits per heavy atom. The van der Waals surface area contributed by atoms with Crippen molar-refractivity contribution in [2.45, 2.75) is 6.42 Å². The first kappa shape index (κ1) is 25.1. The Morgan fingerprint density at radius 2 is 1.02 bits per heavy atom. The molecule has 6 aromatic rings. The van der Waals surface area contributed by atoms with Gasteiger partial charge in [0.2, 0.25) is 0 Å². The Bertz CT molecular complexity index is 1820. The average molecular weight is 531 g/mol. The summed E-state index contributed by atoms with van der Waals surface area (Å²) in [7, 11) is 0. The summed E-state index contributed by atoms with van der Waals surface area (Å²) in [5, 5.41) is 9.42. The second-order valence-electron chi connectivity index (χ2n) is 10.5. The number of hydrogen-bond acceptors (Lipinski definition) is 2. The maximum Gasteiger partial charge on any atom is 0.127 e. The fourth-order valence-corrected chi connectivity index (χ4v) is 5.96. The fraction of sp³-hybridized carbons (Fsp3) is 0.0769. The highest BCUT2D eigenvalue weighted by atomic mass is 16.5. The molecular formula is C39H30O2. The summed E-state index contributed by atoms with van der Waals surface area (Å²) in [6.07, 6.45) is 0.896. The molecule has 0 saturated heterocycles. The molecule has 0 bridgehead atoms. The average Bonchev–Trinajstić information content (AvgIpc) is 3.42. The highest BCUT2D eigenvalue weighted by Crippen LogP contribution is 2.46. The van der Waals surface area contributed by atoms with Crippen molar-refractivity contribution < 1.29 is 9.84 Å². The molecular weight excluding hydrogens is 500 g/mol. The third-order valence-electron chi connectivity index (χ3n) is 7.96. The maximum atomic E-state index is 9.42. The largest absolute Gasteiger partial charge is 0.491 e. The summed E-state index contributed by atoms with van der Waals surface area (Å²) >= 11 is 0. The van der Waals surface area contributed by atoms with Gasteiger partial charge in [-0.25, -0.2) is 0 Å². The molecule has 0 aromatic heterocycles. The zero-order chi connectivity index (χ0) is 27.6. The lowest BCUT2D eigenvalue weighted by molar-refractivity contribution is 0.202. The van der Waals surface area contributed by atoms with Crippen molar-refractivity contribution >= 4 is 0 Å². The number of benzene rings is 6. The minimum Gasteiger partial charge on any atom is -0.491 e. The molecule has 0 aliphatic heterocycles. The van der Waals surface area contributed by atoms with E-state index in [0.717, 1.165) is 28.9 Å². The van der Waals surface area contributed by atoms with Gasteiger partial charge in [-0.1, -0.05) is 109 Å². The first-order valence-electron chi connectivity index (χ1n) is 14.1. The van der Waals surface area contributed by atoms with Gasteiger partial charge >= 0.3 is 0 Å². The number of ether oxygens (including phenoxy) is 1. The Hall–Kier alpha value is -4.92. The van der Waals surface area contributed by atoms with Crippen molar-refractivity contribution in [2.75, 3.05) is 13.2 Å². The van der Waals surface area contributed by atoms with E-state index in [4.69, 9.17) is 4.74 Å². The summed E-state index contributed by atoms with van der Waals surface area (Å²) in [4.78, 5) is 0. The van der Waals surface area contributed by atoms with E-state index in [1.807, 2.05) is 24.3 Å². The van der Waals surface area contributed by atoms with E-state index >= 15 is 0 Å². The van der Waals surface area contributed by atoms with Crippen LogP contribution in [-0.2, 0) is 6.42 Å². The van der Waals surface area contributed by atoms with Gasteiger partial charge in [0.1, 0.15) is 12.4 Å². The van der Waals surface area contributed by atoms with Crippen LogP contribution in [0.1, 0.15) is 11.1 Å². The monoisotopic (exact) mass is 530 g/mol. The van der Waals surface area contributed by atoms with Crippen molar-refractivity contribution in [1.82, 2.24) is 0 Å². The number of hydrogen-bond donors (Lipinski definition) is 1. The number of fused-ring (bicyclic) bond motifs is 3. The summed E-state index contributed by atoms with van der Waals surface area (Å²) in [5.74, 6) is 0.778. The van der Waals surface area contributed by atoms with E-state index in [9.17, 15) is 5.11 Å². The van der Waals surface area contributed by atoms with Crippen LogP contribution in [0, 0.1) is 0 Å². The van der Waals surface area contributed by atoms with Gasteiger partial charge in [0.25, 0.3) is 0 Å². The number of aliphatic hydroxyl groups is 1. The molecule has 0 amide bonds. The Labute approximate surface area is 241 Å². The topological polar surface area (TPSA) is 29.5 Å².